The normalized spacial score (nSPS) is 16.3. The summed E-state index contributed by atoms with van der Waals surface area (Å²) in [5.74, 6) is -1.32. The van der Waals surface area contributed by atoms with Gasteiger partial charge in [0.2, 0.25) is 11.8 Å². The van der Waals surface area contributed by atoms with Crippen LogP contribution in [0.15, 0.2) is 29.1 Å². The Morgan fingerprint density at radius 2 is 2.03 bits per heavy atom. The third kappa shape index (κ3) is 4.81. The van der Waals surface area contributed by atoms with E-state index < -0.39 is 11.5 Å². The molecule has 0 aliphatic carbocycles. The summed E-state index contributed by atoms with van der Waals surface area (Å²) in [6.07, 6.45) is 1.38. The number of hydrogen-bond acceptors (Lipinski definition) is 7. The van der Waals surface area contributed by atoms with Crippen molar-refractivity contribution >= 4 is 28.7 Å². The first-order valence-electron chi connectivity index (χ1n) is 9.91. The van der Waals surface area contributed by atoms with E-state index in [1.165, 1.54) is 11.9 Å². The van der Waals surface area contributed by atoms with Gasteiger partial charge in [0, 0.05) is 20.1 Å². The monoisotopic (exact) mass is 415 g/mol. The van der Waals surface area contributed by atoms with E-state index in [0.717, 1.165) is 4.68 Å². The topological polar surface area (TPSA) is 115 Å². The van der Waals surface area contributed by atoms with Crippen LogP contribution in [0.1, 0.15) is 19.8 Å². The van der Waals surface area contributed by atoms with E-state index in [1.807, 2.05) is 0 Å². The second-order valence-electron chi connectivity index (χ2n) is 7.25. The van der Waals surface area contributed by atoms with Crippen molar-refractivity contribution in [1.29, 1.82) is 0 Å². The predicted molar refractivity (Wildman–Crippen MR) is 107 cm³/mol. The van der Waals surface area contributed by atoms with Crippen LogP contribution in [0.2, 0.25) is 0 Å². The van der Waals surface area contributed by atoms with Crippen LogP contribution in [0.25, 0.3) is 10.9 Å². The highest BCUT2D eigenvalue weighted by molar-refractivity contribution is 5.85. The molecule has 160 valence electrons. The largest absolute Gasteiger partial charge is 0.466 e. The van der Waals surface area contributed by atoms with E-state index in [4.69, 9.17) is 4.74 Å². The number of carbonyl (C=O) groups excluding carboxylic acids is 3. The summed E-state index contributed by atoms with van der Waals surface area (Å²) in [5.41, 5.74) is 0.0398. The summed E-state index contributed by atoms with van der Waals surface area (Å²) in [5, 5.41) is 8.13. The minimum absolute atomic E-state index is 0.149. The zero-order valence-electron chi connectivity index (χ0n) is 17.1. The van der Waals surface area contributed by atoms with Crippen molar-refractivity contribution in [3.8, 4) is 0 Å². The second kappa shape index (κ2) is 9.47. The van der Waals surface area contributed by atoms with Crippen LogP contribution in [-0.2, 0) is 25.7 Å². The smallest absolute Gasteiger partial charge is 0.310 e. The predicted octanol–water partition coefficient (Wildman–Crippen LogP) is 0.0516. The number of benzene rings is 1. The molecular weight excluding hydrogens is 390 g/mol. The number of piperidine rings is 1. The van der Waals surface area contributed by atoms with Gasteiger partial charge in [-0.15, -0.1) is 5.10 Å². The maximum absolute atomic E-state index is 12.6. The molecule has 0 bridgehead atoms. The van der Waals surface area contributed by atoms with Gasteiger partial charge in [-0.3, -0.25) is 19.2 Å². The number of rotatable bonds is 6. The second-order valence-corrected chi connectivity index (χ2v) is 7.25. The molecule has 1 saturated heterocycles. The van der Waals surface area contributed by atoms with Gasteiger partial charge < -0.3 is 14.5 Å². The molecule has 1 aliphatic heterocycles. The van der Waals surface area contributed by atoms with Crippen molar-refractivity contribution in [3.05, 3.63) is 34.6 Å². The maximum atomic E-state index is 12.6. The molecule has 1 fully saturated rings. The highest BCUT2D eigenvalue weighted by Crippen LogP contribution is 2.18. The van der Waals surface area contributed by atoms with Crippen molar-refractivity contribution in [2.75, 3.05) is 33.3 Å². The number of fused-ring (bicyclic) bond motifs is 1. The third-order valence-corrected chi connectivity index (χ3v) is 5.11. The van der Waals surface area contributed by atoms with Crippen LogP contribution < -0.4 is 5.56 Å². The Kier molecular flexibility index (Phi) is 6.76. The molecule has 0 saturated carbocycles. The fraction of sp³-hybridized carbons (Fsp3) is 0.500. The van der Waals surface area contributed by atoms with Gasteiger partial charge in [0.15, 0.2) is 0 Å². The molecule has 0 spiro atoms. The molecule has 2 aromatic rings. The van der Waals surface area contributed by atoms with Crippen LogP contribution in [0.5, 0.6) is 0 Å². The Morgan fingerprint density at radius 1 is 1.27 bits per heavy atom. The number of nitrogens with zero attached hydrogens (tertiary/aromatic N) is 5. The molecule has 1 aromatic carbocycles. The third-order valence-electron chi connectivity index (χ3n) is 5.11. The van der Waals surface area contributed by atoms with Crippen LogP contribution in [0, 0.1) is 5.92 Å². The molecule has 2 heterocycles. The van der Waals surface area contributed by atoms with Crippen LogP contribution in [0.4, 0.5) is 0 Å². The Balaban J connectivity index is 1.60. The van der Waals surface area contributed by atoms with Gasteiger partial charge in [0.1, 0.15) is 12.1 Å². The maximum Gasteiger partial charge on any atom is 0.310 e. The quantitative estimate of drug-likeness (QED) is 0.613. The lowest BCUT2D eigenvalue weighted by Gasteiger charge is -2.32. The molecule has 10 nitrogen and oxygen atoms in total. The fourth-order valence-electron chi connectivity index (χ4n) is 3.42. The lowest BCUT2D eigenvalue weighted by atomic mass is 9.98. The average molecular weight is 415 g/mol. The van der Waals surface area contributed by atoms with E-state index in [9.17, 15) is 19.2 Å². The van der Waals surface area contributed by atoms with Crippen LogP contribution in [0.3, 0.4) is 0 Å². The van der Waals surface area contributed by atoms with Crippen molar-refractivity contribution < 1.29 is 19.1 Å². The van der Waals surface area contributed by atoms with Crippen molar-refractivity contribution in [2.24, 2.45) is 5.92 Å². The summed E-state index contributed by atoms with van der Waals surface area (Å²) in [7, 11) is 1.49. The molecule has 1 aromatic heterocycles. The Morgan fingerprint density at radius 3 is 2.80 bits per heavy atom. The summed E-state index contributed by atoms with van der Waals surface area (Å²) in [6, 6.07) is 6.75. The van der Waals surface area contributed by atoms with Gasteiger partial charge in [-0.1, -0.05) is 17.3 Å². The Hall–Kier alpha value is -3.30. The zero-order valence-corrected chi connectivity index (χ0v) is 17.1. The first kappa shape index (κ1) is 21.4. The molecule has 3 rings (SSSR count). The highest BCUT2D eigenvalue weighted by atomic mass is 16.5. The minimum Gasteiger partial charge on any atom is -0.466 e. The Labute approximate surface area is 173 Å². The number of hydrogen-bond donors (Lipinski definition) is 0. The van der Waals surface area contributed by atoms with Gasteiger partial charge >= 0.3 is 5.97 Å². The van der Waals surface area contributed by atoms with Gasteiger partial charge in [-0.05, 0) is 31.9 Å². The zero-order chi connectivity index (χ0) is 21.7. The molecular formula is C20H25N5O5. The van der Waals surface area contributed by atoms with E-state index >= 15 is 0 Å². The number of ether oxygens (including phenoxy) is 1. The van der Waals surface area contributed by atoms with Gasteiger partial charge in [-0.25, -0.2) is 4.68 Å². The van der Waals surface area contributed by atoms with E-state index in [2.05, 4.69) is 10.3 Å². The van der Waals surface area contributed by atoms with Gasteiger partial charge in [-0.2, -0.15) is 0 Å². The van der Waals surface area contributed by atoms with Crippen LogP contribution >= 0.6 is 0 Å². The fourth-order valence-corrected chi connectivity index (χ4v) is 3.42. The molecule has 0 radical (unpaired) electrons. The number of carbonyl (C=O) groups is 3. The average Bonchev–Trinajstić information content (AvgIpc) is 2.76. The number of amides is 2. The number of likely N-dealkylation sites (N-methyl/N-ethyl adjacent to an activating group) is 1. The first-order chi connectivity index (χ1) is 14.4. The SMILES string of the molecule is CCOC(=O)C1CCCN(C(=O)CN(C)C(=O)Cn2nnc3ccccc3c2=O)C1. The molecule has 1 unspecified atom stereocenters. The summed E-state index contributed by atoms with van der Waals surface area (Å²) in [6.45, 7) is 2.41. The van der Waals surface area contributed by atoms with Gasteiger partial charge in [0.05, 0.1) is 24.5 Å². The molecule has 30 heavy (non-hydrogen) atoms. The van der Waals surface area contributed by atoms with Gasteiger partial charge in [0.25, 0.3) is 5.56 Å². The summed E-state index contributed by atoms with van der Waals surface area (Å²) in [4.78, 5) is 52.4. The molecule has 2 amide bonds. The molecule has 10 heteroatoms. The van der Waals surface area contributed by atoms with Crippen molar-refractivity contribution in [1.82, 2.24) is 24.8 Å². The number of likely N-dealkylation sites (tertiary alicyclic amines) is 1. The summed E-state index contributed by atoms with van der Waals surface area (Å²) >= 11 is 0. The molecule has 0 N–H and O–H groups in total. The highest BCUT2D eigenvalue weighted by Gasteiger charge is 2.30. The van der Waals surface area contributed by atoms with E-state index in [-0.39, 0.29) is 37.4 Å². The standard InChI is InChI=1S/C20H25N5O5/c1-3-30-20(29)14-7-6-10-24(11-14)18(27)12-23(2)17(26)13-25-19(28)15-8-4-5-9-16(15)21-22-25/h4-5,8-9,14H,3,6-7,10-13H2,1-2H3. The first-order valence-corrected chi connectivity index (χ1v) is 9.91. The number of aromatic nitrogens is 3. The van der Waals surface area contributed by atoms with E-state index in [1.54, 1.807) is 36.1 Å². The summed E-state index contributed by atoms with van der Waals surface area (Å²) < 4.78 is 6.04. The van der Waals surface area contributed by atoms with Crippen LogP contribution in [-0.4, -0.2) is 75.9 Å². The Bertz CT molecular complexity index is 1000. The lowest BCUT2D eigenvalue weighted by molar-refractivity contribution is -0.152. The van der Waals surface area contributed by atoms with Crippen molar-refractivity contribution in [2.45, 2.75) is 26.3 Å². The van der Waals surface area contributed by atoms with E-state index in [0.29, 0.717) is 36.9 Å². The number of esters is 1. The lowest BCUT2D eigenvalue weighted by Crippen LogP contribution is -2.47. The van der Waals surface area contributed by atoms with Crippen molar-refractivity contribution in [3.63, 3.8) is 0 Å². The minimum atomic E-state index is -0.436. The molecule has 1 aliphatic rings. The molecule has 1 atom stereocenters.